The third kappa shape index (κ3) is 12.1. The fourth-order valence-electron chi connectivity index (χ4n) is 5.57. The van der Waals surface area contributed by atoms with Gasteiger partial charge in [0.25, 0.3) is 0 Å². The summed E-state index contributed by atoms with van der Waals surface area (Å²) in [5, 5.41) is 0. The zero-order valence-corrected chi connectivity index (χ0v) is 30.9. The molecule has 3 atom stereocenters. The standard InChI is InChI=1S/C20H26N.C16H20.C4H8.2C2H6/c1-5-9-16(6-2)17-12-13-21(4)15(3)18-10-7-8-11-19(18)20(21)14-17;1-4-6-7-11-14(3)16-13-9-8-12-15(16)10-5-2;1-3-4-2;2*1-2/h6-8,10-15,20H,5,9H2,1-4H3;4,6-9,11-13H,3,5,10H2,1-2H3;3H,1,4H2,2H3;2*1-2H3/q+1;;;;/b16-6+;6-4-,11-7-;;;. The first-order valence-electron chi connectivity index (χ1n) is 17.5. The number of likely N-dealkylation sites (N-methyl/N-ethyl adjacent to an activating group) is 1. The quantitative estimate of drug-likeness (QED) is 0.151. The van der Waals surface area contributed by atoms with Gasteiger partial charge in [-0.2, -0.15) is 0 Å². The molecule has 45 heavy (non-hydrogen) atoms. The minimum atomic E-state index is 0.461. The summed E-state index contributed by atoms with van der Waals surface area (Å²) in [5.41, 5.74) is 9.65. The molecule has 0 bridgehead atoms. The van der Waals surface area contributed by atoms with Gasteiger partial charge < -0.3 is 0 Å². The first-order valence-corrected chi connectivity index (χ1v) is 17.5. The Morgan fingerprint density at radius 2 is 1.47 bits per heavy atom. The van der Waals surface area contributed by atoms with E-state index in [2.05, 4.69) is 134 Å². The Morgan fingerprint density at radius 3 is 2.02 bits per heavy atom. The Labute approximate surface area is 279 Å². The Hall–Kier alpha value is -3.42. The van der Waals surface area contributed by atoms with Crippen LogP contribution < -0.4 is 0 Å². The SMILES string of the molecule is C/C=C(\CCC)C1=CC2c3ccccc3C(C)[N+]2(C)C=C1.C=C(/C=C\C=C/C)c1ccccc1CCC.C=CCC.CC.CC. The van der Waals surface area contributed by atoms with Crippen LogP contribution in [0.2, 0.25) is 0 Å². The summed E-state index contributed by atoms with van der Waals surface area (Å²) in [7, 11) is 2.36. The zero-order chi connectivity index (χ0) is 34.3. The summed E-state index contributed by atoms with van der Waals surface area (Å²) in [6, 6.07) is 18.4. The summed E-state index contributed by atoms with van der Waals surface area (Å²) in [5.74, 6) is 0. The van der Waals surface area contributed by atoms with E-state index in [4.69, 9.17) is 0 Å². The maximum Gasteiger partial charge on any atom is 0.139 e. The van der Waals surface area contributed by atoms with Gasteiger partial charge in [0, 0.05) is 11.1 Å². The zero-order valence-electron chi connectivity index (χ0n) is 30.9. The van der Waals surface area contributed by atoms with Gasteiger partial charge in [-0.25, -0.2) is 0 Å². The molecule has 3 unspecified atom stereocenters. The van der Waals surface area contributed by atoms with E-state index in [0.717, 1.165) is 22.9 Å². The highest BCUT2D eigenvalue weighted by Gasteiger charge is 2.47. The number of hydrogen-bond donors (Lipinski definition) is 0. The van der Waals surface area contributed by atoms with Crippen molar-refractivity contribution < 1.29 is 4.48 Å². The third-order valence-corrected chi connectivity index (χ3v) is 8.12. The average Bonchev–Trinajstić information content (AvgIpc) is 3.32. The lowest BCUT2D eigenvalue weighted by atomic mass is 9.94. The van der Waals surface area contributed by atoms with E-state index in [1.807, 2.05) is 58.9 Å². The molecule has 2 aliphatic heterocycles. The molecule has 0 fully saturated rings. The van der Waals surface area contributed by atoms with Crippen molar-refractivity contribution in [2.45, 2.75) is 113 Å². The highest BCUT2D eigenvalue weighted by atomic mass is 15.4. The molecular weight excluding hydrogens is 542 g/mol. The summed E-state index contributed by atoms with van der Waals surface area (Å²) < 4.78 is 0.978. The van der Waals surface area contributed by atoms with E-state index in [0.29, 0.717) is 12.1 Å². The van der Waals surface area contributed by atoms with Gasteiger partial charge in [-0.15, -0.1) is 6.58 Å². The topological polar surface area (TPSA) is 0 Å². The minimum absolute atomic E-state index is 0.461. The molecule has 0 aliphatic carbocycles. The van der Waals surface area contributed by atoms with Crippen molar-refractivity contribution in [1.29, 1.82) is 0 Å². The van der Waals surface area contributed by atoms with Crippen LogP contribution in [0.1, 0.15) is 129 Å². The molecule has 0 N–H and O–H groups in total. The van der Waals surface area contributed by atoms with Crippen molar-refractivity contribution in [3.8, 4) is 0 Å². The van der Waals surface area contributed by atoms with Gasteiger partial charge in [-0.05, 0) is 80.0 Å². The van der Waals surface area contributed by atoms with Crippen LogP contribution in [0.15, 0.2) is 128 Å². The lowest BCUT2D eigenvalue weighted by molar-refractivity contribution is -0.906. The normalized spacial score (nSPS) is 19.3. The smallest absolute Gasteiger partial charge is 0.139 e. The van der Waals surface area contributed by atoms with Crippen molar-refractivity contribution in [1.82, 2.24) is 0 Å². The van der Waals surface area contributed by atoms with Gasteiger partial charge in [0.2, 0.25) is 0 Å². The Bertz CT molecular complexity index is 1280. The van der Waals surface area contributed by atoms with Crippen molar-refractivity contribution in [2.75, 3.05) is 7.05 Å². The van der Waals surface area contributed by atoms with Gasteiger partial charge in [-0.1, -0.05) is 153 Å². The first kappa shape index (κ1) is 41.6. The van der Waals surface area contributed by atoms with Crippen LogP contribution in [0.25, 0.3) is 5.57 Å². The summed E-state index contributed by atoms with van der Waals surface area (Å²) in [4.78, 5) is 0. The summed E-state index contributed by atoms with van der Waals surface area (Å²) in [6.45, 7) is 28.6. The molecule has 2 aromatic carbocycles. The van der Waals surface area contributed by atoms with Crippen LogP contribution in [0, 0.1) is 0 Å². The molecule has 0 saturated carbocycles. The van der Waals surface area contributed by atoms with E-state index < -0.39 is 0 Å². The van der Waals surface area contributed by atoms with Gasteiger partial charge >= 0.3 is 0 Å². The molecule has 1 heteroatoms. The number of quaternary nitrogens is 1. The molecule has 0 saturated heterocycles. The molecule has 2 heterocycles. The van der Waals surface area contributed by atoms with E-state index in [1.165, 1.54) is 52.7 Å². The number of rotatable bonds is 9. The van der Waals surface area contributed by atoms with Crippen molar-refractivity contribution in [3.63, 3.8) is 0 Å². The molecule has 2 aliphatic rings. The van der Waals surface area contributed by atoms with E-state index >= 15 is 0 Å². The summed E-state index contributed by atoms with van der Waals surface area (Å²) >= 11 is 0. The lowest BCUT2D eigenvalue weighted by Gasteiger charge is -2.38. The van der Waals surface area contributed by atoms with Crippen LogP contribution >= 0.6 is 0 Å². The predicted molar refractivity (Wildman–Crippen MR) is 206 cm³/mol. The minimum Gasteiger partial charge on any atom is -0.284 e. The second kappa shape index (κ2) is 23.9. The van der Waals surface area contributed by atoms with Crippen LogP contribution in [-0.4, -0.2) is 11.5 Å². The molecule has 0 radical (unpaired) electrons. The predicted octanol–water partition coefficient (Wildman–Crippen LogP) is 13.9. The molecule has 246 valence electrons. The van der Waals surface area contributed by atoms with Crippen molar-refractivity contribution in [3.05, 3.63) is 150 Å². The summed E-state index contributed by atoms with van der Waals surface area (Å²) in [6.07, 6.45) is 25.3. The van der Waals surface area contributed by atoms with Crippen molar-refractivity contribution >= 4 is 5.57 Å². The molecule has 1 nitrogen and oxygen atoms in total. The highest BCUT2D eigenvalue weighted by molar-refractivity contribution is 5.74. The fourth-order valence-corrected chi connectivity index (χ4v) is 5.57. The van der Waals surface area contributed by atoms with Crippen LogP contribution in [0.4, 0.5) is 0 Å². The van der Waals surface area contributed by atoms with Crippen LogP contribution in [0.5, 0.6) is 0 Å². The van der Waals surface area contributed by atoms with Gasteiger partial charge in [-0.3, -0.25) is 4.48 Å². The van der Waals surface area contributed by atoms with E-state index in [1.54, 1.807) is 0 Å². The maximum atomic E-state index is 4.12. The van der Waals surface area contributed by atoms with E-state index in [-0.39, 0.29) is 0 Å². The number of fused-ring (bicyclic) bond motifs is 3. The maximum absolute atomic E-state index is 4.12. The van der Waals surface area contributed by atoms with Crippen molar-refractivity contribution in [2.24, 2.45) is 0 Å². The molecule has 0 amide bonds. The molecule has 4 rings (SSSR count). The Morgan fingerprint density at radius 1 is 0.867 bits per heavy atom. The molecule has 2 aromatic rings. The second-order valence-electron chi connectivity index (χ2n) is 11.0. The average molecular weight is 609 g/mol. The largest absolute Gasteiger partial charge is 0.284 e. The molecule has 0 spiro atoms. The monoisotopic (exact) mass is 609 g/mol. The first-order chi connectivity index (χ1) is 21.8. The van der Waals surface area contributed by atoms with Crippen LogP contribution in [-0.2, 0) is 6.42 Å². The Balaban J connectivity index is 0.000000717. The second-order valence-corrected chi connectivity index (χ2v) is 11.0. The third-order valence-electron chi connectivity index (χ3n) is 8.12. The number of aryl methyl sites for hydroxylation is 1. The van der Waals surface area contributed by atoms with Gasteiger partial charge in [0.05, 0.1) is 13.2 Å². The van der Waals surface area contributed by atoms with Crippen LogP contribution in [0.3, 0.4) is 0 Å². The number of hydrogen-bond acceptors (Lipinski definition) is 0. The van der Waals surface area contributed by atoms with E-state index in [9.17, 15) is 0 Å². The fraction of sp³-hybridized carbons (Fsp3) is 0.409. The molecular formula is C44H66N+. The lowest BCUT2D eigenvalue weighted by Crippen LogP contribution is -2.39. The number of nitrogens with zero attached hydrogens (tertiary/aromatic N) is 1. The number of allylic oxidation sites excluding steroid dienone is 10. The highest BCUT2D eigenvalue weighted by Crippen LogP contribution is 2.50. The number of benzene rings is 2. The Kier molecular flexibility index (Phi) is 22.1. The van der Waals surface area contributed by atoms with Gasteiger partial charge in [0.15, 0.2) is 0 Å². The molecule has 0 aromatic heterocycles. The van der Waals surface area contributed by atoms with Gasteiger partial charge in [0.1, 0.15) is 12.1 Å².